The normalized spacial score (nSPS) is 18.5. The SMILES string of the molecule is O=C(c1ccco1)N1CCN(c2ccnc(N3CCOCC3)n2)CC1. The van der Waals surface area contributed by atoms with Crippen LogP contribution in [0.1, 0.15) is 10.6 Å². The van der Waals surface area contributed by atoms with Crippen LogP contribution in [0.3, 0.4) is 0 Å². The highest BCUT2D eigenvalue weighted by Crippen LogP contribution is 2.18. The molecule has 4 heterocycles. The summed E-state index contributed by atoms with van der Waals surface area (Å²) in [4.78, 5) is 27.6. The number of hydrogen-bond donors (Lipinski definition) is 0. The minimum absolute atomic E-state index is 0.0543. The van der Waals surface area contributed by atoms with Gasteiger partial charge in [0.2, 0.25) is 5.95 Å². The molecule has 132 valence electrons. The summed E-state index contributed by atoms with van der Waals surface area (Å²) in [6.45, 7) is 5.83. The topological polar surface area (TPSA) is 74.9 Å². The van der Waals surface area contributed by atoms with Crippen molar-refractivity contribution in [3.63, 3.8) is 0 Å². The van der Waals surface area contributed by atoms with Crippen molar-refractivity contribution in [2.24, 2.45) is 0 Å². The van der Waals surface area contributed by atoms with Crippen LogP contribution in [0.25, 0.3) is 0 Å². The van der Waals surface area contributed by atoms with E-state index in [1.807, 2.05) is 11.0 Å². The number of rotatable bonds is 3. The zero-order chi connectivity index (χ0) is 17.1. The number of morpholine rings is 1. The van der Waals surface area contributed by atoms with Gasteiger partial charge in [-0.05, 0) is 18.2 Å². The molecule has 4 rings (SSSR count). The van der Waals surface area contributed by atoms with Gasteiger partial charge in [0.1, 0.15) is 5.82 Å². The summed E-state index contributed by atoms with van der Waals surface area (Å²) in [6, 6.07) is 5.36. The molecule has 2 aliphatic heterocycles. The van der Waals surface area contributed by atoms with Gasteiger partial charge in [0.25, 0.3) is 5.91 Å². The molecule has 2 aromatic rings. The quantitative estimate of drug-likeness (QED) is 0.818. The number of anilines is 2. The van der Waals surface area contributed by atoms with Gasteiger partial charge in [0.05, 0.1) is 19.5 Å². The number of aromatic nitrogens is 2. The van der Waals surface area contributed by atoms with Crippen molar-refractivity contribution in [3.8, 4) is 0 Å². The Kier molecular flexibility index (Phi) is 4.51. The van der Waals surface area contributed by atoms with Gasteiger partial charge in [0.15, 0.2) is 5.76 Å². The van der Waals surface area contributed by atoms with Gasteiger partial charge in [-0.3, -0.25) is 4.79 Å². The average Bonchev–Trinajstić information content (AvgIpc) is 3.23. The van der Waals surface area contributed by atoms with Gasteiger partial charge in [-0.15, -0.1) is 0 Å². The molecule has 0 spiro atoms. The number of ether oxygens (including phenoxy) is 1. The first-order valence-corrected chi connectivity index (χ1v) is 8.55. The molecule has 0 unspecified atom stereocenters. The highest BCUT2D eigenvalue weighted by molar-refractivity contribution is 5.91. The van der Waals surface area contributed by atoms with Crippen molar-refractivity contribution in [3.05, 3.63) is 36.4 Å². The van der Waals surface area contributed by atoms with E-state index >= 15 is 0 Å². The Morgan fingerprint density at radius 2 is 1.80 bits per heavy atom. The summed E-state index contributed by atoms with van der Waals surface area (Å²) in [7, 11) is 0. The number of carbonyl (C=O) groups excluding carboxylic acids is 1. The first-order valence-electron chi connectivity index (χ1n) is 8.55. The Balaban J connectivity index is 1.40. The molecule has 0 bridgehead atoms. The highest BCUT2D eigenvalue weighted by Gasteiger charge is 2.25. The fourth-order valence-corrected chi connectivity index (χ4v) is 3.13. The molecular formula is C17H21N5O3. The van der Waals surface area contributed by atoms with Crippen LogP contribution in [-0.4, -0.2) is 73.3 Å². The summed E-state index contributed by atoms with van der Waals surface area (Å²) in [5.74, 6) is 1.99. The minimum Gasteiger partial charge on any atom is -0.459 e. The van der Waals surface area contributed by atoms with Crippen LogP contribution in [0.5, 0.6) is 0 Å². The second-order valence-corrected chi connectivity index (χ2v) is 6.07. The zero-order valence-corrected chi connectivity index (χ0v) is 14.0. The first kappa shape index (κ1) is 15.9. The van der Waals surface area contributed by atoms with Crippen LogP contribution in [0.4, 0.5) is 11.8 Å². The zero-order valence-electron chi connectivity index (χ0n) is 14.0. The Labute approximate surface area is 146 Å². The molecule has 1 amide bonds. The summed E-state index contributed by atoms with van der Waals surface area (Å²) in [6.07, 6.45) is 3.32. The Morgan fingerprint density at radius 1 is 1.00 bits per heavy atom. The van der Waals surface area contributed by atoms with Crippen LogP contribution in [-0.2, 0) is 4.74 Å². The van der Waals surface area contributed by atoms with Crippen LogP contribution in [0.2, 0.25) is 0 Å². The number of furan rings is 1. The first-order chi connectivity index (χ1) is 12.3. The van der Waals surface area contributed by atoms with Crippen LogP contribution >= 0.6 is 0 Å². The molecule has 2 aliphatic rings. The van der Waals surface area contributed by atoms with Crippen LogP contribution in [0.15, 0.2) is 35.1 Å². The van der Waals surface area contributed by atoms with Gasteiger partial charge in [-0.1, -0.05) is 0 Å². The molecule has 2 aromatic heterocycles. The van der Waals surface area contributed by atoms with E-state index in [1.165, 1.54) is 6.26 Å². The molecule has 2 fully saturated rings. The molecule has 0 N–H and O–H groups in total. The molecule has 0 aromatic carbocycles. The summed E-state index contributed by atoms with van der Waals surface area (Å²) >= 11 is 0. The van der Waals surface area contributed by atoms with E-state index in [0.29, 0.717) is 32.1 Å². The molecule has 0 atom stereocenters. The highest BCUT2D eigenvalue weighted by atomic mass is 16.5. The summed E-state index contributed by atoms with van der Waals surface area (Å²) in [5, 5.41) is 0. The number of nitrogens with zero attached hydrogens (tertiary/aromatic N) is 5. The van der Waals surface area contributed by atoms with Gasteiger partial charge in [0, 0.05) is 45.5 Å². The molecule has 0 radical (unpaired) electrons. The third-order valence-corrected chi connectivity index (χ3v) is 4.54. The largest absolute Gasteiger partial charge is 0.459 e. The van der Waals surface area contributed by atoms with Gasteiger partial charge < -0.3 is 23.9 Å². The second kappa shape index (κ2) is 7.10. The van der Waals surface area contributed by atoms with Gasteiger partial charge in [-0.25, -0.2) is 4.98 Å². The number of carbonyl (C=O) groups is 1. The van der Waals surface area contributed by atoms with Crippen LogP contribution < -0.4 is 9.80 Å². The van der Waals surface area contributed by atoms with Gasteiger partial charge >= 0.3 is 0 Å². The van der Waals surface area contributed by atoms with Crippen molar-refractivity contribution in [1.29, 1.82) is 0 Å². The van der Waals surface area contributed by atoms with Crippen molar-refractivity contribution in [2.45, 2.75) is 0 Å². The minimum atomic E-state index is -0.0543. The lowest BCUT2D eigenvalue weighted by Gasteiger charge is -2.35. The maximum Gasteiger partial charge on any atom is 0.289 e. The van der Waals surface area contributed by atoms with E-state index in [0.717, 1.165) is 37.9 Å². The Morgan fingerprint density at radius 3 is 2.52 bits per heavy atom. The van der Waals surface area contributed by atoms with Crippen molar-refractivity contribution in [1.82, 2.24) is 14.9 Å². The Bertz CT molecular complexity index is 707. The molecule has 2 saturated heterocycles. The fourth-order valence-electron chi connectivity index (χ4n) is 3.13. The maximum atomic E-state index is 12.3. The van der Waals surface area contributed by atoms with E-state index in [9.17, 15) is 4.79 Å². The fraction of sp³-hybridized carbons (Fsp3) is 0.471. The molecule has 0 saturated carbocycles. The predicted molar refractivity (Wildman–Crippen MR) is 91.9 cm³/mol. The van der Waals surface area contributed by atoms with E-state index in [-0.39, 0.29) is 5.91 Å². The van der Waals surface area contributed by atoms with E-state index in [2.05, 4.69) is 14.8 Å². The Hall–Kier alpha value is -2.61. The van der Waals surface area contributed by atoms with Crippen LogP contribution in [0, 0.1) is 0 Å². The van der Waals surface area contributed by atoms with E-state index in [1.54, 1.807) is 18.3 Å². The second-order valence-electron chi connectivity index (χ2n) is 6.07. The van der Waals surface area contributed by atoms with E-state index in [4.69, 9.17) is 14.1 Å². The third-order valence-electron chi connectivity index (χ3n) is 4.54. The molecule has 8 nitrogen and oxygen atoms in total. The predicted octanol–water partition coefficient (Wildman–Crippen LogP) is 0.869. The maximum absolute atomic E-state index is 12.3. The lowest BCUT2D eigenvalue weighted by Crippen LogP contribution is -2.49. The standard InChI is InChI=1S/C17H21N5O3/c23-16(14-2-1-11-25-14)21-7-5-20(6-8-21)15-3-4-18-17(19-15)22-9-12-24-13-10-22/h1-4,11H,5-10,12-13H2. The molecule has 0 aliphatic carbocycles. The number of piperazine rings is 1. The average molecular weight is 343 g/mol. The van der Waals surface area contributed by atoms with Gasteiger partial charge in [-0.2, -0.15) is 4.98 Å². The van der Waals surface area contributed by atoms with Crippen molar-refractivity contribution < 1.29 is 13.9 Å². The molecule has 8 heteroatoms. The lowest BCUT2D eigenvalue weighted by atomic mass is 10.3. The van der Waals surface area contributed by atoms with Crippen molar-refractivity contribution >= 4 is 17.7 Å². The molecular weight excluding hydrogens is 322 g/mol. The lowest BCUT2D eigenvalue weighted by molar-refractivity contribution is 0.0714. The summed E-state index contributed by atoms with van der Waals surface area (Å²) in [5.41, 5.74) is 0. The monoisotopic (exact) mass is 343 g/mol. The number of hydrogen-bond acceptors (Lipinski definition) is 7. The van der Waals surface area contributed by atoms with E-state index < -0.39 is 0 Å². The van der Waals surface area contributed by atoms with Crippen molar-refractivity contribution in [2.75, 3.05) is 62.3 Å². The number of amides is 1. The third kappa shape index (κ3) is 3.43. The summed E-state index contributed by atoms with van der Waals surface area (Å²) < 4.78 is 10.6. The molecule has 25 heavy (non-hydrogen) atoms. The smallest absolute Gasteiger partial charge is 0.289 e.